The topological polar surface area (TPSA) is 3.24 Å². The van der Waals surface area contributed by atoms with Gasteiger partial charge in [-0.3, -0.25) is 0 Å². The van der Waals surface area contributed by atoms with E-state index in [4.69, 9.17) is 0 Å². The fourth-order valence-corrected chi connectivity index (χ4v) is 7.18. The van der Waals surface area contributed by atoms with Crippen LogP contribution < -0.4 is 4.90 Å². The maximum Gasteiger partial charge on any atom is 0.0618 e. The number of hydrogen-bond donors (Lipinski definition) is 0. The second kappa shape index (κ2) is 11.9. The van der Waals surface area contributed by atoms with Crippen molar-refractivity contribution in [3.05, 3.63) is 186 Å². The summed E-state index contributed by atoms with van der Waals surface area (Å²) in [4.78, 5) is 2.54. The number of anilines is 3. The molecule has 1 aliphatic carbocycles. The highest BCUT2D eigenvalue weighted by Gasteiger charge is 2.24. The second-order valence-corrected chi connectivity index (χ2v) is 11.9. The van der Waals surface area contributed by atoms with E-state index < -0.39 is 0 Å². The van der Waals surface area contributed by atoms with Crippen LogP contribution in [0.1, 0.15) is 40.7 Å². The predicted octanol–water partition coefficient (Wildman–Crippen LogP) is 11.9. The third-order valence-corrected chi connectivity index (χ3v) is 9.25. The molecule has 0 amide bonds. The average Bonchev–Trinajstić information content (AvgIpc) is 3.12. The molecule has 0 bridgehead atoms. The van der Waals surface area contributed by atoms with Gasteiger partial charge in [0.2, 0.25) is 0 Å². The Balaban J connectivity index is 1.47. The Morgan fingerprint density at radius 1 is 0.467 bits per heavy atom. The molecule has 7 aromatic carbocycles. The van der Waals surface area contributed by atoms with Crippen molar-refractivity contribution in [3.8, 4) is 0 Å². The quantitative estimate of drug-likeness (QED) is 0.140. The van der Waals surface area contributed by atoms with Gasteiger partial charge < -0.3 is 4.90 Å². The Morgan fingerprint density at radius 2 is 0.978 bits per heavy atom. The molecule has 0 heterocycles. The van der Waals surface area contributed by atoms with E-state index in [1.807, 2.05) is 0 Å². The Kier molecular flexibility index (Phi) is 7.21. The van der Waals surface area contributed by atoms with E-state index in [0.29, 0.717) is 0 Å². The van der Waals surface area contributed by atoms with Gasteiger partial charge in [0.1, 0.15) is 0 Å². The summed E-state index contributed by atoms with van der Waals surface area (Å²) in [7, 11) is 0. The lowest BCUT2D eigenvalue weighted by atomic mass is 9.88. The SMILES string of the molecule is C(=C(c1ccccc1)c1ccccc1)c1c2ccccc2c(N(c2ccccc2)c2cccc3c2CCCC3)c2ccccc12. The first-order chi connectivity index (χ1) is 22.4. The number of benzene rings is 7. The average molecular weight is 578 g/mol. The van der Waals surface area contributed by atoms with Gasteiger partial charge in [0, 0.05) is 22.1 Å². The summed E-state index contributed by atoms with van der Waals surface area (Å²) in [6.45, 7) is 0. The van der Waals surface area contributed by atoms with E-state index >= 15 is 0 Å². The molecule has 0 aliphatic heterocycles. The number of hydrogen-bond acceptors (Lipinski definition) is 1. The normalized spacial score (nSPS) is 12.5. The molecule has 1 aliphatic rings. The molecule has 0 N–H and O–H groups in total. The molecular formula is C44H35N. The smallest absolute Gasteiger partial charge is 0.0618 e. The first-order valence-electron chi connectivity index (χ1n) is 16.1. The van der Waals surface area contributed by atoms with Gasteiger partial charge in [-0.05, 0) is 94.1 Å². The van der Waals surface area contributed by atoms with Gasteiger partial charge in [-0.2, -0.15) is 0 Å². The summed E-state index contributed by atoms with van der Waals surface area (Å²) in [6, 6.07) is 57.4. The van der Waals surface area contributed by atoms with Gasteiger partial charge in [0.15, 0.2) is 0 Å². The zero-order valence-electron chi connectivity index (χ0n) is 25.4. The zero-order valence-corrected chi connectivity index (χ0v) is 25.4. The molecule has 8 rings (SSSR count). The van der Waals surface area contributed by atoms with Crippen molar-refractivity contribution < 1.29 is 0 Å². The molecule has 0 atom stereocenters. The molecule has 216 valence electrons. The maximum absolute atomic E-state index is 2.54. The van der Waals surface area contributed by atoms with E-state index in [1.54, 1.807) is 0 Å². The van der Waals surface area contributed by atoms with Crippen LogP contribution in [0.3, 0.4) is 0 Å². The van der Waals surface area contributed by atoms with E-state index in [9.17, 15) is 0 Å². The molecule has 45 heavy (non-hydrogen) atoms. The fourth-order valence-electron chi connectivity index (χ4n) is 7.18. The highest BCUT2D eigenvalue weighted by atomic mass is 15.1. The number of rotatable bonds is 6. The highest BCUT2D eigenvalue weighted by molar-refractivity contribution is 6.20. The van der Waals surface area contributed by atoms with Crippen molar-refractivity contribution in [2.75, 3.05) is 4.90 Å². The number of aryl methyl sites for hydroxylation is 1. The van der Waals surface area contributed by atoms with Gasteiger partial charge in [-0.1, -0.05) is 140 Å². The first kappa shape index (κ1) is 27.2. The fraction of sp³-hybridized carbons (Fsp3) is 0.0909. The molecule has 0 radical (unpaired) electrons. The minimum atomic E-state index is 1.11. The number of para-hydroxylation sites is 1. The van der Waals surface area contributed by atoms with Crippen LogP contribution in [-0.2, 0) is 12.8 Å². The zero-order chi connectivity index (χ0) is 30.0. The molecule has 0 saturated heterocycles. The van der Waals surface area contributed by atoms with Gasteiger partial charge in [-0.15, -0.1) is 0 Å². The van der Waals surface area contributed by atoms with Gasteiger partial charge in [0.25, 0.3) is 0 Å². The third-order valence-electron chi connectivity index (χ3n) is 9.25. The van der Waals surface area contributed by atoms with Crippen molar-refractivity contribution in [2.45, 2.75) is 25.7 Å². The lowest BCUT2D eigenvalue weighted by Crippen LogP contribution is -2.16. The number of nitrogens with zero attached hydrogens (tertiary/aromatic N) is 1. The van der Waals surface area contributed by atoms with Crippen LogP contribution in [0.25, 0.3) is 33.2 Å². The van der Waals surface area contributed by atoms with Crippen molar-refractivity contribution in [3.63, 3.8) is 0 Å². The largest absolute Gasteiger partial charge is 0.309 e. The lowest BCUT2D eigenvalue weighted by Gasteiger charge is -2.32. The second-order valence-electron chi connectivity index (χ2n) is 11.9. The molecule has 0 spiro atoms. The van der Waals surface area contributed by atoms with Crippen LogP contribution in [0.2, 0.25) is 0 Å². The summed E-state index contributed by atoms with van der Waals surface area (Å²) >= 11 is 0. The van der Waals surface area contributed by atoms with Crippen LogP contribution in [-0.4, -0.2) is 0 Å². The molecule has 0 aromatic heterocycles. The summed E-state index contributed by atoms with van der Waals surface area (Å²) < 4.78 is 0. The van der Waals surface area contributed by atoms with E-state index in [0.717, 1.165) is 12.8 Å². The first-order valence-corrected chi connectivity index (χ1v) is 16.1. The van der Waals surface area contributed by atoms with E-state index in [2.05, 4.69) is 169 Å². The Bertz CT molecular complexity index is 2050. The van der Waals surface area contributed by atoms with E-state index in [1.165, 1.54) is 84.8 Å². The van der Waals surface area contributed by atoms with Gasteiger partial charge in [0.05, 0.1) is 5.69 Å². The van der Waals surface area contributed by atoms with Gasteiger partial charge >= 0.3 is 0 Å². The van der Waals surface area contributed by atoms with Crippen LogP contribution in [0, 0.1) is 0 Å². The molecule has 7 aromatic rings. The van der Waals surface area contributed by atoms with Crippen molar-refractivity contribution in [1.82, 2.24) is 0 Å². The molecule has 0 saturated carbocycles. The molecule has 1 heteroatoms. The monoisotopic (exact) mass is 577 g/mol. The Morgan fingerprint density at radius 3 is 1.58 bits per heavy atom. The number of fused-ring (bicyclic) bond motifs is 3. The predicted molar refractivity (Wildman–Crippen MR) is 193 cm³/mol. The molecule has 1 nitrogen and oxygen atoms in total. The summed E-state index contributed by atoms with van der Waals surface area (Å²) in [6.07, 6.45) is 7.18. The van der Waals surface area contributed by atoms with Crippen LogP contribution >= 0.6 is 0 Å². The van der Waals surface area contributed by atoms with Crippen LogP contribution in [0.15, 0.2) is 158 Å². The maximum atomic E-state index is 2.54. The standard InChI is InChI=1S/C44H35N/c1-4-17-33(18-5-1)41(34-19-6-2-7-20-34)31-42-37-26-12-14-28-39(37)44(40-29-15-13-27-38(40)42)45(35-23-8-3-9-24-35)43-30-16-22-32-21-10-11-25-36(32)43/h1-9,12-20,22-24,26-31H,10-11,21,25H2. The van der Waals surface area contributed by atoms with Crippen molar-refractivity contribution in [2.24, 2.45) is 0 Å². The molecular weight excluding hydrogens is 542 g/mol. The molecule has 0 unspecified atom stereocenters. The minimum Gasteiger partial charge on any atom is -0.309 e. The third kappa shape index (κ3) is 5.01. The van der Waals surface area contributed by atoms with Crippen LogP contribution in [0.5, 0.6) is 0 Å². The summed E-state index contributed by atoms with van der Waals surface area (Å²) in [5.74, 6) is 0. The summed E-state index contributed by atoms with van der Waals surface area (Å²) in [5, 5.41) is 5.00. The minimum absolute atomic E-state index is 1.11. The van der Waals surface area contributed by atoms with Gasteiger partial charge in [-0.25, -0.2) is 0 Å². The van der Waals surface area contributed by atoms with Crippen molar-refractivity contribution >= 4 is 50.3 Å². The Labute approximate surface area is 265 Å². The lowest BCUT2D eigenvalue weighted by molar-refractivity contribution is 0.686. The Hall–Kier alpha value is -5.40. The highest BCUT2D eigenvalue weighted by Crippen LogP contribution is 2.48. The van der Waals surface area contributed by atoms with Crippen LogP contribution in [0.4, 0.5) is 17.1 Å². The van der Waals surface area contributed by atoms with E-state index in [-0.39, 0.29) is 0 Å². The molecule has 0 fully saturated rings. The summed E-state index contributed by atoms with van der Waals surface area (Å²) in [5.41, 5.74) is 11.6. The van der Waals surface area contributed by atoms with Crippen molar-refractivity contribution in [1.29, 1.82) is 0 Å².